The van der Waals surface area contributed by atoms with Crippen LogP contribution in [0.3, 0.4) is 0 Å². The maximum Gasteiger partial charge on any atom is 0.336 e. The van der Waals surface area contributed by atoms with Crippen LogP contribution in [0.2, 0.25) is 0 Å². The van der Waals surface area contributed by atoms with Gasteiger partial charge in [-0.05, 0) is 40.0 Å². The topological polar surface area (TPSA) is 37.3 Å². The van der Waals surface area contributed by atoms with Crippen LogP contribution in [0.15, 0.2) is 22.7 Å². The number of hydrogen-bond donors (Lipinski definition) is 1. The van der Waals surface area contributed by atoms with E-state index in [2.05, 4.69) is 15.9 Å². The summed E-state index contributed by atoms with van der Waals surface area (Å²) in [6.45, 7) is 2.03. The van der Waals surface area contributed by atoms with Crippen LogP contribution < -0.4 is 0 Å². The van der Waals surface area contributed by atoms with Crippen LogP contribution in [0.4, 0.5) is 0 Å². The Labute approximate surface area is 79.3 Å². The van der Waals surface area contributed by atoms with Crippen LogP contribution in [0.5, 0.6) is 0 Å². The summed E-state index contributed by atoms with van der Waals surface area (Å²) >= 11 is 3.21. The largest absolute Gasteiger partial charge is 0.478 e. The van der Waals surface area contributed by atoms with Crippen molar-refractivity contribution in [2.45, 2.75) is 13.3 Å². The molecule has 0 heterocycles. The molecule has 2 nitrogen and oxygen atoms in total. The summed E-state index contributed by atoms with van der Waals surface area (Å²) < 4.78 is 0.648. The highest BCUT2D eigenvalue weighted by Crippen LogP contribution is 2.18. The van der Waals surface area contributed by atoms with E-state index in [1.54, 1.807) is 6.07 Å². The van der Waals surface area contributed by atoms with Crippen LogP contribution in [0.1, 0.15) is 22.8 Å². The summed E-state index contributed by atoms with van der Waals surface area (Å²) in [4.78, 5) is 10.6. The molecular weight excluding hydrogens is 220 g/mol. The van der Waals surface area contributed by atoms with Gasteiger partial charge in [0, 0.05) is 4.47 Å². The normalized spacial score (nSPS) is 9.83. The minimum atomic E-state index is -0.899. The molecule has 1 aromatic rings. The lowest BCUT2D eigenvalue weighted by Crippen LogP contribution is -1.97. The molecule has 64 valence electrons. The molecule has 0 aliphatic carbocycles. The quantitative estimate of drug-likeness (QED) is 0.846. The van der Waals surface area contributed by atoms with E-state index in [0.717, 1.165) is 12.0 Å². The average Bonchev–Trinajstić information content (AvgIpc) is 2.03. The summed E-state index contributed by atoms with van der Waals surface area (Å²) in [6.07, 6.45) is 0.915. The summed E-state index contributed by atoms with van der Waals surface area (Å²) in [5, 5.41) is 8.70. The van der Waals surface area contributed by atoms with Gasteiger partial charge in [0.25, 0.3) is 0 Å². The highest BCUT2D eigenvalue weighted by molar-refractivity contribution is 9.10. The minimum absolute atomic E-state index is 0.312. The minimum Gasteiger partial charge on any atom is -0.478 e. The maximum absolute atomic E-state index is 10.6. The van der Waals surface area contributed by atoms with Crippen molar-refractivity contribution in [1.29, 1.82) is 0 Å². The van der Waals surface area contributed by atoms with Gasteiger partial charge < -0.3 is 5.11 Å². The second-order valence-electron chi connectivity index (χ2n) is 2.47. The van der Waals surface area contributed by atoms with Crippen LogP contribution in [0.25, 0.3) is 0 Å². The van der Waals surface area contributed by atoms with Crippen LogP contribution in [-0.4, -0.2) is 11.1 Å². The van der Waals surface area contributed by atoms with Crippen molar-refractivity contribution in [3.8, 4) is 0 Å². The number of hydrogen-bond acceptors (Lipinski definition) is 1. The standard InChI is InChI=1S/C9H9BrO2/c1-2-6-3-4-7(9(11)12)8(10)5-6/h3-5H,2H2,1H3,(H,11,12). The molecule has 0 bridgehead atoms. The summed E-state index contributed by atoms with van der Waals surface area (Å²) in [5.41, 5.74) is 1.44. The number of rotatable bonds is 2. The van der Waals surface area contributed by atoms with Crippen molar-refractivity contribution < 1.29 is 9.90 Å². The van der Waals surface area contributed by atoms with E-state index in [0.29, 0.717) is 10.0 Å². The highest BCUT2D eigenvalue weighted by atomic mass is 79.9. The Kier molecular flexibility index (Phi) is 2.87. The van der Waals surface area contributed by atoms with Crippen molar-refractivity contribution in [2.75, 3.05) is 0 Å². The van der Waals surface area contributed by atoms with Crippen molar-refractivity contribution in [3.05, 3.63) is 33.8 Å². The van der Waals surface area contributed by atoms with Gasteiger partial charge in [0.2, 0.25) is 0 Å². The molecule has 0 atom stereocenters. The third-order valence-electron chi connectivity index (χ3n) is 1.67. The summed E-state index contributed by atoms with van der Waals surface area (Å²) in [7, 11) is 0. The fraction of sp³-hybridized carbons (Fsp3) is 0.222. The average molecular weight is 229 g/mol. The number of benzene rings is 1. The molecule has 0 spiro atoms. The van der Waals surface area contributed by atoms with E-state index in [1.165, 1.54) is 0 Å². The molecule has 1 N–H and O–H groups in total. The smallest absolute Gasteiger partial charge is 0.336 e. The Balaban J connectivity index is 3.12. The molecule has 0 amide bonds. The van der Waals surface area contributed by atoms with Crippen molar-refractivity contribution >= 4 is 21.9 Å². The zero-order valence-corrected chi connectivity index (χ0v) is 8.26. The van der Waals surface area contributed by atoms with E-state index < -0.39 is 5.97 Å². The Morgan fingerprint density at radius 1 is 1.58 bits per heavy atom. The Morgan fingerprint density at radius 3 is 2.67 bits per heavy atom. The zero-order chi connectivity index (χ0) is 9.14. The maximum atomic E-state index is 10.6. The first-order chi connectivity index (χ1) is 5.65. The van der Waals surface area contributed by atoms with Gasteiger partial charge in [-0.15, -0.1) is 0 Å². The highest BCUT2D eigenvalue weighted by Gasteiger charge is 2.07. The molecule has 1 aromatic carbocycles. The lowest BCUT2D eigenvalue weighted by Gasteiger charge is -2.00. The lowest BCUT2D eigenvalue weighted by molar-refractivity contribution is 0.0696. The Hall–Kier alpha value is -0.830. The van der Waals surface area contributed by atoms with Crippen LogP contribution in [-0.2, 0) is 6.42 Å². The van der Waals surface area contributed by atoms with Crippen LogP contribution >= 0.6 is 15.9 Å². The number of carboxylic acid groups (broad SMARTS) is 1. The Morgan fingerprint density at radius 2 is 2.25 bits per heavy atom. The molecule has 0 unspecified atom stereocenters. The van der Waals surface area contributed by atoms with Gasteiger partial charge in [-0.3, -0.25) is 0 Å². The molecule has 0 aliphatic rings. The number of carbonyl (C=O) groups is 1. The van der Waals surface area contributed by atoms with Gasteiger partial charge in [0.05, 0.1) is 5.56 Å². The molecule has 3 heteroatoms. The molecule has 0 radical (unpaired) electrons. The molecule has 1 rings (SSSR count). The first-order valence-corrected chi connectivity index (χ1v) is 4.46. The third-order valence-corrected chi connectivity index (χ3v) is 2.33. The zero-order valence-electron chi connectivity index (χ0n) is 6.67. The number of aryl methyl sites for hydroxylation is 1. The predicted molar refractivity (Wildman–Crippen MR) is 50.5 cm³/mol. The van der Waals surface area contributed by atoms with Crippen molar-refractivity contribution in [2.24, 2.45) is 0 Å². The van der Waals surface area contributed by atoms with E-state index in [9.17, 15) is 4.79 Å². The van der Waals surface area contributed by atoms with Gasteiger partial charge in [-0.25, -0.2) is 4.79 Å². The molecule has 12 heavy (non-hydrogen) atoms. The molecule has 0 aromatic heterocycles. The van der Waals surface area contributed by atoms with Gasteiger partial charge in [0.15, 0.2) is 0 Å². The SMILES string of the molecule is CCc1ccc(C(=O)O)c(Br)c1. The fourth-order valence-corrected chi connectivity index (χ4v) is 1.55. The number of aromatic carboxylic acids is 1. The first kappa shape index (κ1) is 9.26. The molecule has 0 fully saturated rings. The molecule has 0 saturated heterocycles. The summed E-state index contributed by atoms with van der Waals surface area (Å²) in [6, 6.07) is 5.28. The molecule has 0 saturated carbocycles. The third kappa shape index (κ3) is 1.85. The lowest BCUT2D eigenvalue weighted by atomic mass is 10.1. The molecule has 0 aliphatic heterocycles. The second kappa shape index (κ2) is 3.72. The summed E-state index contributed by atoms with van der Waals surface area (Å²) in [5.74, 6) is -0.899. The number of halogens is 1. The van der Waals surface area contributed by atoms with Gasteiger partial charge >= 0.3 is 5.97 Å². The Bertz CT molecular complexity index is 307. The predicted octanol–water partition coefficient (Wildman–Crippen LogP) is 2.71. The second-order valence-corrected chi connectivity index (χ2v) is 3.33. The van der Waals surface area contributed by atoms with Gasteiger partial charge in [0.1, 0.15) is 0 Å². The monoisotopic (exact) mass is 228 g/mol. The van der Waals surface area contributed by atoms with Crippen LogP contribution in [0, 0.1) is 0 Å². The fourth-order valence-electron chi connectivity index (χ4n) is 0.952. The number of carboxylic acids is 1. The first-order valence-electron chi connectivity index (χ1n) is 3.67. The molecular formula is C9H9BrO2. The van der Waals surface area contributed by atoms with Gasteiger partial charge in [-0.1, -0.05) is 13.0 Å². The van der Waals surface area contributed by atoms with E-state index >= 15 is 0 Å². The van der Waals surface area contributed by atoms with Crippen molar-refractivity contribution in [1.82, 2.24) is 0 Å². The van der Waals surface area contributed by atoms with E-state index in [1.807, 2.05) is 19.1 Å². The van der Waals surface area contributed by atoms with E-state index in [-0.39, 0.29) is 0 Å². The van der Waals surface area contributed by atoms with Crippen molar-refractivity contribution in [3.63, 3.8) is 0 Å². The van der Waals surface area contributed by atoms with E-state index in [4.69, 9.17) is 5.11 Å². The van der Waals surface area contributed by atoms with Gasteiger partial charge in [-0.2, -0.15) is 0 Å².